The highest BCUT2D eigenvalue weighted by molar-refractivity contribution is 9.09. The van der Waals surface area contributed by atoms with Crippen molar-refractivity contribution in [3.63, 3.8) is 0 Å². The number of allylic oxidation sites excluding steroid dienone is 3. The first-order valence-electron chi connectivity index (χ1n) is 6.37. The van der Waals surface area contributed by atoms with Gasteiger partial charge < -0.3 is 0 Å². The fraction of sp³-hybridized carbons (Fsp3) is 0.375. The Morgan fingerprint density at radius 3 is 2.41 bits per heavy atom. The van der Waals surface area contributed by atoms with E-state index in [9.17, 15) is 0 Å². The maximum atomic E-state index is 3.45. The number of benzene rings is 1. The molecule has 0 aromatic heterocycles. The van der Waals surface area contributed by atoms with E-state index in [4.69, 9.17) is 0 Å². The highest BCUT2D eigenvalue weighted by Gasteiger charge is 1.86. The molecule has 0 spiro atoms. The fourth-order valence-electron chi connectivity index (χ4n) is 1.62. The number of unbranched alkanes of at least 4 members (excludes halogenated alkanes) is 4. The van der Waals surface area contributed by atoms with Crippen LogP contribution in [0.2, 0.25) is 0 Å². The van der Waals surface area contributed by atoms with Crippen molar-refractivity contribution in [1.29, 1.82) is 0 Å². The molecule has 92 valence electrons. The highest BCUT2D eigenvalue weighted by atomic mass is 79.9. The van der Waals surface area contributed by atoms with Gasteiger partial charge in [0, 0.05) is 5.33 Å². The number of hydrogen-bond donors (Lipinski definition) is 0. The van der Waals surface area contributed by atoms with Crippen LogP contribution in [0.4, 0.5) is 0 Å². The molecule has 0 nitrogen and oxygen atoms in total. The average molecular weight is 293 g/mol. The molecular weight excluding hydrogens is 272 g/mol. The van der Waals surface area contributed by atoms with E-state index in [2.05, 4.69) is 64.5 Å². The first kappa shape index (κ1) is 14.2. The molecule has 0 aliphatic heterocycles. The Bertz CT molecular complexity index is 325. The minimum Gasteiger partial charge on any atom is -0.0928 e. The second kappa shape index (κ2) is 10.3. The van der Waals surface area contributed by atoms with E-state index in [1.54, 1.807) is 0 Å². The van der Waals surface area contributed by atoms with Crippen LogP contribution >= 0.6 is 15.9 Å². The van der Waals surface area contributed by atoms with Crippen LogP contribution in [0.15, 0.2) is 48.6 Å². The molecule has 0 aliphatic rings. The van der Waals surface area contributed by atoms with Crippen LogP contribution in [0.1, 0.15) is 37.7 Å². The highest BCUT2D eigenvalue weighted by Crippen LogP contribution is 2.05. The van der Waals surface area contributed by atoms with Crippen LogP contribution < -0.4 is 0 Å². The molecule has 0 heterocycles. The standard InChI is InChI=1S/C16H21Br/c17-15-11-6-4-2-1-3-5-8-12-16-13-9-7-10-14-16/h3,5,7-10,12-14H,1-2,4,6,11,15H2. The summed E-state index contributed by atoms with van der Waals surface area (Å²) in [5, 5.41) is 1.14. The Morgan fingerprint density at radius 1 is 0.882 bits per heavy atom. The molecule has 0 unspecified atom stereocenters. The molecule has 0 saturated carbocycles. The van der Waals surface area contributed by atoms with Gasteiger partial charge in [-0.1, -0.05) is 83.4 Å². The van der Waals surface area contributed by atoms with Crippen LogP contribution in [0.25, 0.3) is 6.08 Å². The van der Waals surface area contributed by atoms with E-state index in [0.29, 0.717) is 0 Å². The minimum atomic E-state index is 1.14. The predicted octanol–water partition coefficient (Wildman–Crippen LogP) is 5.60. The normalized spacial score (nSPS) is 11.6. The lowest BCUT2D eigenvalue weighted by Gasteiger charge is -1.94. The fourth-order valence-corrected chi connectivity index (χ4v) is 2.01. The predicted molar refractivity (Wildman–Crippen MR) is 81.5 cm³/mol. The summed E-state index contributed by atoms with van der Waals surface area (Å²) in [6.45, 7) is 0. The van der Waals surface area contributed by atoms with Gasteiger partial charge in [0.25, 0.3) is 0 Å². The Balaban J connectivity index is 2.08. The third kappa shape index (κ3) is 7.98. The quantitative estimate of drug-likeness (QED) is 0.332. The van der Waals surface area contributed by atoms with Gasteiger partial charge in [-0.15, -0.1) is 0 Å². The Morgan fingerprint density at radius 2 is 1.65 bits per heavy atom. The van der Waals surface area contributed by atoms with Crippen molar-refractivity contribution in [2.24, 2.45) is 0 Å². The van der Waals surface area contributed by atoms with Gasteiger partial charge in [0.15, 0.2) is 0 Å². The zero-order valence-corrected chi connectivity index (χ0v) is 11.9. The van der Waals surface area contributed by atoms with E-state index in [1.807, 2.05) is 6.07 Å². The van der Waals surface area contributed by atoms with Gasteiger partial charge in [-0.3, -0.25) is 0 Å². The monoisotopic (exact) mass is 292 g/mol. The molecule has 0 fully saturated rings. The molecule has 0 bridgehead atoms. The van der Waals surface area contributed by atoms with Crippen molar-refractivity contribution >= 4 is 22.0 Å². The number of rotatable bonds is 8. The van der Waals surface area contributed by atoms with Crippen molar-refractivity contribution in [1.82, 2.24) is 0 Å². The van der Waals surface area contributed by atoms with Crippen molar-refractivity contribution in [3.05, 3.63) is 54.1 Å². The van der Waals surface area contributed by atoms with E-state index >= 15 is 0 Å². The summed E-state index contributed by atoms with van der Waals surface area (Å²) < 4.78 is 0. The van der Waals surface area contributed by atoms with Gasteiger partial charge >= 0.3 is 0 Å². The number of alkyl halides is 1. The largest absolute Gasteiger partial charge is 0.0928 e. The first-order valence-corrected chi connectivity index (χ1v) is 7.50. The Hall–Kier alpha value is -0.820. The average Bonchev–Trinajstić information content (AvgIpc) is 2.38. The molecule has 17 heavy (non-hydrogen) atoms. The zero-order valence-electron chi connectivity index (χ0n) is 10.3. The van der Waals surface area contributed by atoms with Gasteiger partial charge in [-0.25, -0.2) is 0 Å². The molecule has 0 radical (unpaired) electrons. The second-order valence-electron chi connectivity index (χ2n) is 4.09. The molecule has 0 aliphatic carbocycles. The number of hydrogen-bond acceptors (Lipinski definition) is 0. The van der Waals surface area contributed by atoms with Crippen LogP contribution in [-0.2, 0) is 0 Å². The number of halogens is 1. The lowest BCUT2D eigenvalue weighted by Crippen LogP contribution is -1.77. The summed E-state index contributed by atoms with van der Waals surface area (Å²) in [7, 11) is 0. The van der Waals surface area contributed by atoms with E-state index in [1.165, 1.54) is 37.7 Å². The maximum Gasteiger partial charge on any atom is 0.00313 e. The van der Waals surface area contributed by atoms with E-state index in [-0.39, 0.29) is 0 Å². The summed E-state index contributed by atoms with van der Waals surface area (Å²) in [5.41, 5.74) is 1.26. The Kier molecular flexibility index (Phi) is 8.66. The molecule has 0 saturated heterocycles. The van der Waals surface area contributed by atoms with Crippen molar-refractivity contribution in [3.8, 4) is 0 Å². The van der Waals surface area contributed by atoms with Gasteiger partial charge in [0.2, 0.25) is 0 Å². The minimum absolute atomic E-state index is 1.14. The molecule has 0 amide bonds. The van der Waals surface area contributed by atoms with Crippen molar-refractivity contribution < 1.29 is 0 Å². The lowest BCUT2D eigenvalue weighted by atomic mass is 10.1. The lowest BCUT2D eigenvalue weighted by molar-refractivity contribution is 0.679. The van der Waals surface area contributed by atoms with Gasteiger partial charge in [-0.2, -0.15) is 0 Å². The topological polar surface area (TPSA) is 0 Å². The van der Waals surface area contributed by atoms with Crippen LogP contribution in [-0.4, -0.2) is 5.33 Å². The summed E-state index contributed by atoms with van der Waals surface area (Å²) in [6.07, 6.45) is 15.2. The maximum absolute atomic E-state index is 3.45. The molecule has 1 aromatic carbocycles. The third-order valence-electron chi connectivity index (χ3n) is 2.59. The van der Waals surface area contributed by atoms with E-state index < -0.39 is 0 Å². The summed E-state index contributed by atoms with van der Waals surface area (Å²) in [6, 6.07) is 10.4. The molecule has 1 aromatic rings. The molecular formula is C16H21Br. The Labute approximate surface area is 114 Å². The van der Waals surface area contributed by atoms with Crippen molar-refractivity contribution in [2.45, 2.75) is 32.1 Å². The summed E-state index contributed by atoms with van der Waals surface area (Å²) in [4.78, 5) is 0. The van der Waals surface area contributed by atoms with Crippen LogP contribution in [0.3, 0.4) is 0 Å². The van der Waals surface area contributed by atoms with Crippen LogP contribution in [0.5, 0.6) is 0 Å². The van der Waals surface area contributed by atoms with Gasteiger partial charge in [0.1, 0.15) is 0 Å². The van der Waals surface area contributed by atoms with Gasteiger partial charge in [-0.05, 0) is 24.8 Å². The zero-order chi connectivity index (χ0) is 12.2. The summed E-state index contributed by atoms with van der Waals surface area (Å²) in [5.74, 6) is 0. The molecule has 0 N–H and O–H groups in total. The van der Waals surface area contributed by atoms with Gasteiger partial charge in [0.05, 0.1) is 0 Å². The first-order chi connectivity index (χ1) is 8.43. The molecule has 1 rings (SSSR count). The summed E-state index contributed by atoms with van der Waals surface area (Å²) >= 11 is 3.45. The smallest absolute Gasteiger partial charge is 0.00313 e. The second-order valence-corrected chi connectivity index (χ2v) is 4.88. The molecule has 1 heteroatoms. The van der Waals surface area contributed by atoms with E-state index in [0.717, 1.165) is 5.33 Å². The van der Waals surface area contributed by atoms with Crippen molar-refractivity contribution in [2.75, 3.05) is 5.33 Å². The SMILES string of the molecule is BrCCCCCCC=CC=Cc1ccccc1. The van der Waals surface area contributed by atoms with Crippen LogP contribution in [0, 0.1) is 0 Å². The third-order valence-corrected chi connectivity index (χ3v) is 3.15. The molecule has 0 atom stereocenters.